The maximum absolute atomic E-state index is 11.6. The molecule has 2 unspecified atom stereocenters. The summed E-state index contributed by atoms with van der Waals surface area (Å²) in [4.78, 5) is 38.9. The fourth-order valence-electron chi connectivity index (χ4n) is 1.78. The van der Waals surface area contributed by atoms with Crippen LogP contribution in [0, 0.1) is 0 Å². The summed E-state index contributed by atoms with van der Waals surface area (Å²) >= 11 is 0. The van der Waals surface area contributed by atoms with Crippen molar-refractivity contribution >= 4 is 14.7 Å². The molecule has 1 aliphatic rings. The Morgan fingerprint density at radius 2 is 2.25 bits per heavy atom. The van der Waals surface area contributed by atoms with E-state index in [0.717, 1.165) is 12.8 Å². The molecule has 1 fully saturated rings. The Balaban J connectivity index is 2.37. The largest absolute Gasteiger partial charge is 0.505 e. The van der Waals surface area contributed by atoms with E-state index in [4.69, 9.17) is 19.1 Å². The Hall–Kier alpha value is -0.473. The quantitative estimate of drug-likeness (QED) is 0.467. The van der Waals surface area contributed by atoms with Crippen molar-refractivity contribution in [3.05, 3.63) is 0 Å². The van der Waals surface area contributed by atoms with E-state index in [1.165, 1.54) is 0 Å². The van der Waals surface area contributed by atoms with Crippen LogP contribution < -0.4 is 5.32 Å². The highest BCUT2D eigenvalue weighted by molar-refractivity contribution is 6.62. The molecule has 0 spiro atoms. The zero-order chi connectivity index (χ0) is 12.2. The SMILES string of the molecule is CCC(C(=O)NCC1CCCO1)[Si](O)(O)O. The maximum Gasteiger partial charge on any atom is 0.505 e. The maximum atomic E-state index is 11.6. The van der Waals surface area contributed by atoms with E-state index in [-0.39, 0.29) is 12.5 Å². The monoisotopic (exact) mass is 249 g/mol. The Kier molecular flexibility index (Phi) is 4.87. The van der Waals surface area contributed by atoms with Crippen molar-refractivity contribution in [1.82, 2.24) is 5.32 Å². The van der Waals surface area contributed by atoms with Gasteiger partial charge in [-0.1, -0.05) is 6.92 Å². The molecule has 0 radical (unpaired) electrons. The number of ether oxygens (including phenoxy) is 1. The number of hydrogen-bond donors (Lipinski definition) is 4. The van der Waals surface area contributed by atoms with Gasteiger partial charge < -0.3 is 24.4 Å². The van der Waals surface area contributed by atoms with Gasteiger partial charge in [0.05, 0.1) is 6.10 Å². The summed E-state index contributed by atoms with van der Waals surface area (Å²) < 4.78 is 5.31. The smallest absolute Gasteiger partial charge is 0.389 e. The Morgan fingerprint density at radius 1 is 1.56 bits per heavy atom. The summed E-state index contributed by atoms with van der Waals surface area (Å²) in [5.41, 5.74) is -1.10. The molecule has 1 amide bonds. The summed E-state index contributed by atoms with van der Waals surface area (Å²) in [5, 5.41) is 2.57. The highest BCUT2D eigenvalue weighted by Crippen LogP contribution is 2.19. The van der Waals surface area contributed by atoms with Crippen molar-refractivity contribution in [2.75, 3.05) is 13.2 Å². The van der Waals surface area contributed by atoms with Crippen molar-refractivity contribution in [3.63, 3.8) is 0 Å². The summed E-state index contributed by atoms with van der Waals surface area (Å²) in [6.07, 6.45) is 2.09. The standard InChI is InChI=1S/C9H19NO5Si/c1-2-8(16(12,13)14)9(11)10-6-7-4-3-5-15-7/h7-8,12-14H,2-6H2,1H3,(H,10,11). The van der Waals surface area contributed by atoms with Gasteiger partial charge >= 0.3 is 8.80 Å². The van der Waals surface area contributed by atoms with Crippen molar-refractivity contribution < 1.29 is 23.9 Å². The first-order chi connectivity index (χ1) is 7.45. The molecule has 2 atom stereocenters. The molecular weight excluding hydrogens is 230 g/mol. The second-order valence-corrected chi connectivity index (χ2v) is 6.10. The van der Waals surface area contributed by atoms with Crippen molar-refractivity contribution in [2.24, 2.45) is 0 Å². The van der Waals surface area contributed by atoms with Crippen LogP contribution in [-0.4, -0.2) is 48.4 Å². The average molecular weight is 249 g/mol. The van der Waals surface area contributed by atoms with Gasteiger partial charge in [-0.15, -0.1) is 0 Å². The molecule has 0 saturated carbocycles. The lowest BCUT2D eigenvalue weighted by Gasteiger charge is -2.21. The zero-order valence-corrected chi connectivity index (χ0v) is 10.3. The lowest BCUT2D eigenvalue weighted by atomic mass is 10.2. The van der Waals surface area contributed by atoms with E-state index in [0.29, 0.717) is 13.2 Å². The van der Waals surface area contributed by atoms with Crippen molar-refractivity contribution in [2.45, 2.75) is 37.8 Å². The molecule has 94 valence electrons. The molecule has 0 aromatic carbocycles. The topological polar surface area (TPSA) is 99.0 Å². The van der Waals surface area contributed by atoms with E-state index in [2.05, 4.69) is 5.32 Å². The van der Waals surface area contributed by atoms with Gasteiger partial charge in [0.1, 0.15) is 5.54 Å². The number of hydrogen-bond acceptors (Lipinski definition) is 5. The fourth-order valence-corrected chi connectivity index (χ4v) is 2.78. The fraction of sp³-hybridized carbons (Fsp3) is 0.889. The molecule has 16 heavy (non-hydrogen) atoms. The Morgan fingerprint density at radius 3 is 2.69 bits per heavy atom. The molecule has 4 N–H and O–H groups in total. The van der Waals surface area contributed by atoms with Gasteiger partial charge in [0.15, 0.2) is 0 Å². The van der Waals surface area contributed by atoms with Crippen molar-refractivity contribution in [1.29, 1.82) is 0 Å². The lowest BCUT2D eigenvalue weighted by Crippen LogP contribution is -2.48. The summed E-state index contributed by atoms with van der Waals surface area (Å²) in [6.45, 7) is 2.69. The molecule has 7 heteroatoms. The van der Waals surface area contributed by atoms with E-state index >= 15 is 0 Å². The van der Waals surface area contributed by atoms with Crippen LogP contribution in [0.2, 0.25) is 5.54 Å². The van der Waals surface area contributed by atoms with Crippen LogP contribution in [0.1, 0.15) is 26.2 Å². The number of carbonyl (C=O) groups is 1. The molecule has 1 heterocycles. The van der Waals surface area contributed by atoms with Crippen LogP contribution in [0.4, 0.5) is 0 Å². The second-order valence-electron chi connectivity index (χ2n) is 4.03. The number of nitrogens with one attached hydrogen (secondary N) is 1. The number of amides is 1. The third-order valence-corrected chi connectivity index (χ3v) is 4.33. The van der Waals surface area contributed by atoms with Crippen LogP contribution in [0.3, 0.4) is 0 Å². The third kappa shape index (κ3) is 3.83. The molecule has 0 aromatic rings. The summed E-state index contributed by atoms with van der Waals surface area (Å²) in [5.74, 6) is -0.517. The highest BCUT2D eigenvalue weighted by atomic mass is 28.4. The first-order valence-corrected chi connectivity index (χ1v) is 7.43. The van der Waals surface area contributed by atoms with Gasteiger partial charge in [0.25, 0.3) is 0 Å². The Labute approximate surface area is 95.6 Å². The minimum atomic E-state index is -4.38. The molecule has 0 bridgehead atoms. The predicted octanol–water partition coefficient (Wildman–Crippen LogP) is -1.02. The van der Waals surface area contributed by atoms with Gasteiger partial charge in [0.2, 0.25) is 5.91 Å². The van der Waals surface area contributed by atoms with Crippen LogP contribution in [0.25, 0.3) is 0 Å². The van der Waals surface area contributed by atoms with Gasteiger partial charge in [-0.3, -0.25) is 4.79 Å². The van der Waals surface area contributed by atoms with Gasteiger partial charge in [-0.25, -0.2) is 0 Å². The lowest BCUT2D eigenvalue weighted by molar-refractivity contribution is -0.122. The van der Waals surface area contributed by atoms with E-state index < -0.39 is 20.3 Å². The first kappa shape index (κ1) is 13.6. The van der Waals surface area contributed by atoms with E-state index in [1.807, 2.05) is 0 Å². The van der Waals surface area contributed by atoms with E-state index in [1.54, 1.807) is 6.92 Å². The molecular formula is C9H19NO5Si. The zero-order valence-electron chi connectivity index (χ0n) is 9.35. The Bertz CT molecular complexity index is 237. The molecule has 1 rings (SSSR count). The van der Waals surface area contributed by atoms with Crippen molar-refractivity contribution in [3.8, 4) is 0 Å². The minimum absolute atomic E-state index is 0.00796. The van der Waals surface area contributed by atoms with E-state index in [9.17, 15) is 4.79 Å². The summed E-state index contributed by atoms with van der Waals surface area (Å²) in [6, 6.07) is 0. The molecule has 0 aliphatic carbocycles. The van der Waals surface area contributed by atoms with Gasteiger partial charge in [0, 0.05) is 13.2 Å². The molecule has 0 aromatic heterocycles. The molecule has 6 nitrogen and oxygen atoms in total. The number of rotatable bonds is 5. The third-order valence-electron chi connectivity index (χ3n) is 2.72. The van der Waals surface area contributed by atoms with Crippen LogP contribution in [0.15, 0.2) is 0 Å². The van der Waals surface area contributed by atoms with Crippen LogP contribution >= 0.6 is 0 Å². The normalized spacial score (nSPS) is 23.1. The molecule has 1 saturated heterocycles. The van der Waals surface area contributed by atoms with Gasteiger partial charge in [-0.2, -0.15) is 0 Å². The second kappa shape index (κ2) is 5.74. The first-order valence-electron chi connectivity index (χ1n) is 5.51. The highest BCUT2D eigenvalue weighted by Gasteiger charge is 2.43. The molecule has 1 aliphatic heterocycles. The van der Waals surface area contributed by atoms with Crippen LogP contribution in [0.5, 0.6) is 0 Å². The average Bonchev–Trinajstić information content (AvgIpc) is 2.65. The minimum Gasteiger partial charge on any atom is -0.389 e. The predicted molar refractivity (Wildman–Crippen MR) is 58.4 cm³/mol. The number of carbonyl (C=O) groups excluding carboxylic acids is 1. The van der Waals surface area contributed by atoms with Crippen LogP contribution in [-0.2, 0) is 9.53 Å². The summed E-state index contributed by atoms with van der Waals surface area (Å²) in [7, 11) is -4.38. The van der Waals surface area contributed by atoms with Gasteiger partial charge in [-0.05, 0) is 19.3 Å².